The average molecular weight is 791 g/mol. The highest BCUT2D eigenvalue weighted by atomic mass is 16.6. The number of aromatic amines is 2. The van der Waals surface area contributed by atoms with Crippen molar-refractivity contribution in [1.82, 2.24) is 36.2 Å². The van der Waals surface area contributed by atoms with E-state index in [2.05, 4.69) is 48.1 Å². The van der Waals surface area contributed by atoms with Gasteiger partial charge in [0.25, 0.3) is 0 Å². The highest BCUT2D eigenvalue weighted by Crippen LogP contribution is 2.21. The molecule has 58 heavy (non-hydrogen) atoms. The lowest BCUT2D eigenvalue weighted by atomic mass is 10.0. The fourth-order valence-electron chi connectivity index (χ4n) is 6.34. The molecule has 2 heterocycles. The van der Waals surface area contributed by atoms with E-state index in [-0.39, 0.29) is 38.3 Å². The molecular weight excluding hydrogens is 737 g/mol. The number of amides is 4. The molecular formula is C43H54N10O5. The Labute approximate surface area is 338 Å². The van der Waals surface area contributed by atoms with Crippen molar-refractivity contribution in [3.8, 4) is 11.4 Å². The van der Waals surface area contributed by atoms with Gasteiger partial charge >= 0.3 is 6.09 Å². The number of nitrogens with zero attached hydrogens (tertiary/aromatic N) is 2. The molecule has 306 valence electrons. The van der Waals surface area contributed by atoms with Crippen LogP contribution in [0.2, 0.25) is 0 Å². The number of carbonyl (C=O) groups is 4. The van der Waals surface area contributed by atoms with Gasteiger partial charge in [-0.15, -0.1) is 0 Å². The van der Waals surface area contributed by atoms with Crippen molar-refractivity contribution < 1.29 is 23.9 Å². The van der Waals surface area contributed by atoms with Crippen LogP contribution < -0.4 is 32.7 Å². The number of aromatic nitrogens is 3. The van der Waals surface area contributed by atoms with E-state index < -0.39 is 47.5 Å². The number of aryl methyl sites for hydroxylation is 1. The average Bonchev–Trinajstić information content (AvgIpc) is 3.84. The zero-order valence-electron chi connectivity index (χ0n) is 33.4. The maximum Gasteiger partial charge on any atom is 0.408 e. The normalized spacial score (nSPS) is 12.8. The Hall–Kier alpha value is -6.64. The molecule has 0 aliphatic heterocycles. The number of guanidine groups is 1. The second kappa shape index (κ2) is 20.0. The number of hydrogen-bond donors (Lipinski definition) is 8. The number of aliphatic imine (C=N–C) groups is 1. The number of nitrogens with two attached hydrogens (primary N) is 2. The molecule has 0 aliphatic rings. The maximum absolute atomic E-state index is 14.4. The maximum atomic E-state index is 14.4. The molecule has 3 atom stereocenters. The highest BCUT2D eigenvalue weighted by Gasteiger charge is 2.32. The predicted molar refractivity (Wildman–Crippen MR) is 224 cm³/mol. The lowest BCUT2D eigenvalue weighted by Crippen LogP contribution is -2.58. The van der Waals surface area contributed by atoms with E-state index in [4.69, 9.17) is 16.2 Å². The number of nitrogens with one attached hydrogen (secondary N) is 6. The molecule has 0 aliphatic carbocycles. The molecule has 0 saturated carbocycles. The zero-order chi connectivity index (χ0) is 41.7. The minimum absolute atomic E-state index is 0.00184. The number of fused-ring (bicyclic) bond motifs is 1. The first-order valence-corrected chi connectivity index (χ1v) is 19.4. The number of carbonyl (C=O) groups excluding carboxylic acids is 4. The molecule has 0 spiro atoms. The van der Waals surface area contributed by atoms with Gasteiger partial charge in [-0.1, -0.05) is 79.7 Å². The summed E-state index contributed by atoms with van der Waals surface area (Å²) in [7, 11) is 0. The van der Waals surface area contributed by atoms with Gasteiger partial charge in [0.1, 0.15) is 29.6 Å². The Balaban J connectivity index is 1.41. The number of para-hydroxylation sites is 1. The van der Waals surface area contributed by atoms with Crippen LogP contribution in [0.4, 0.5) is 4.79 Å². The third kappa shape index (κ3) is 12.7. The predicted octanol–water partition coefficient (Wildman–Crippen LogP) is 4.14. The minimum Gasteiger partial charge on any atom is -0.444 e. The van der Waals surface area contributed by atoms with E-state index in [1.165, 1.54) is 5.56 Å². The van der Waals surface area contributed by atoms with Crippen LogP contribution in [0.5, 0.6) is 0 Å². The van der Waals surface area contributed by atoms with Gasteiger partial charge in [0.05, 0.1) is 0 Å². The Morgan fingerprint density at radius 3 is 2.17 bits per heavy atom. The number of rotatable bonds is 18. The van der Waals surface area contributed by atoms with Crippen molar-refractivity contribution in [3.05, 3.63) is 114 Å². The van der Waals surface area contributed by atoms with Gasteiger partial charge in [0.15, 0.2) is 5.96 Å². The lowest BCUT2D eigenvalue weighted by molar-refractivity contribution is -0.132. The summed E-state index contributed by atoms with van der Waals surface area (Å²) < 4.78 is 5.53. The van der Waals surface area contributed by atoms with Crippen molar-refractivity contribution in [2.75, 3.05) is 6.54 Å². The summed E-state index contributed by atoms with van der Waals surface area (Å²) in [4.78, 5) is 70.5. The van der Waals surface area contributed by atoms with Crippen LogP contribution >= 0.6 is 0 Å². The van der Waals surface area contributed by atoms with Crippen molar-refractivity contribution in [2.24, 2.45) is 16.5 Å². The zero-order valence-corrected chi connectivity index (χ0v) is 33.4. The quantitative estimate of drug-likeness (QED) is 0.0364. The van der Waals surface area contributed by atoms with E-state index >= 15 is 0 Å². The van der Waals surface area contributed by atoms with Crippen LogP contribution in [0.15, 0.2) is 96.2 Å². The topological polar surface area (TPSA) is 234 Å². The smallest absolute Gasteiger partial charge is 0.408 e. The fourth-order valence-corrected chi connectivity index (χ4v) is 6.34. The van der Waals surface area contributed by atoms with Gasteiger partial charge < -0.3 is 47.4 Å². The molecule has 15 nitrogen and oxygen atoms in total. The van der Waals surface area contributed by atoms with Gasteiger partial charge in [-0.25, -0.2) is 9.78 Å². The summed E-state index contributed by atoms with van der Waals surface area (Å²) in [5.74, 6) is -1.14. The fraction of sp³-hybridized carbons (Fsp3) is 0.349. The second-order valence-corrected chi connectivity index (χ2v) is 15.0. The Morgan fingerprint density at radius 1 is 0.810 bits per heavy atom. The van der Waals surface area contributed by atoms with Gasteiger partial charge in [-0.3, -0.25) is 19.4 Å². The van der Waals surface area contributed by atoms with Crippen LogP contribution in [-0.4, -0.2) is 75.0 Å². The molecule has 3 aromatic carbocycles. The van der Waals surface area contributed by atoms with E-state index in [9.17, 15) is 19.2 Å². The molecule has 15 heteroatoms. The second-order valence-electron chi connectivity index (χ2n) is 15.0. The number of imidazole rings is 1. The summed E-state index contributed by atoms with van der Waals surface area (Å²) in [6.45, 7) is 7.73. The molecule has 0 bridgehead atoms. The lowest BCUT2D eigenvalue weighted by Gasteiger charge is -2.26. The molecule has 4 amide bonds. The molecule has 5 rings (SSSR count). The van der Waals surface area contributed by atoms with E-state index in [0.717, 1.165) is 34.0 Å². The first kappa shape index (κ1) is 42.5. The molecule has 2 aromatic heterocycles. The third-order valence-corrected chi connectivity index (χ3v) is 9.32. The molecule has 0 saturated heterocycles. The summed E-state index contributed by atoms with van der Waals surface area (Å²) in [5, 5.41) is 12.2. The van der Waals surface area contributed by atoms with Crippen LogP contribution in [0, 0.1) is 0 Å². The summed E-state index contributed by atoms with van der Waals surface area (Å²) in [6.07, 6.45) is 4.15. The standard InChI is InChI=1S/C43H54N10O5/c1-5-27-17-19-29(20-18-27)37-48-26-31(50-37)23-36(53-42(57)58-43(2,3)4)40(56)52-35(22-30-25-47-33-15-10-9-14-32(30)33)39(55)51-34(16-11-21-46-41(44)45)38(54)49-24-28-12-7-6-8-13-28/h6-10,12-15,17-20,25-26,34-36,47H,5,11,16,21-24H2,1-4H3,(H,48,50)(H,49,54)(H,51,55)(H,52,56)(H,53,57)(H4,44,45,46)/t34-,35-,36-/m0/s1. The molecule has 0 unspecified atom stereocenters. The van der Waals surface area contributed by atoms with Crippen molar-refractivity contribution in [2.45, 2.75) is 90.1 Å². The summed E-state index contributed by atoms with van der Waals surface area (Å²) in [6, 6.07) is 21.6. The number of alkyl carbamates (subject to hydrolysis) is 1. The third-order valence-electron chi connectivity index (χ3n) is 9.32. The van der Waals surface area contributed by atoms with Crippen LogP contribution in [-0.2, 0) is 44.9 Å². The van der Waals surface area contributed by atoms with Crippen molar-refractivity contribution >= 4 is 40.7 Å². The highest BCUT2D eigenvalue weighted by molar-refractivity contribution is 5.95. The molecule has 0 radical (unpaired) electrons. The number of H-pyrrole nitrogens is 2. The Morgan fingerprint density at radius 2 is 1.48 bits per heavy atom. The Bertz CT molecular complexity index is 2170. The minimum atomic E-state index is -1.19. The van der Waals surface area contributed by atoms with E-state index in [1.54, 1.807) is 33.2 Å². The molecule has 10 N–H and O–H groups in total. The van der Waals surface area contributed by atoms with Crippen LogP contribution in [0.1, 0.15) is 62.9 Å². The number of ether oxygens (including phenoxy) is 1. The van der Waals surface area contributed by atoms with Gasteiger partial charge in [0, 0.05) is 60.5 Å². The molecule has 0 fully saturated rings. The Kier molecular flexibility index (Phi) is 14.6. The summed E-state index contributed by atoms with van der Waals surface area (Å²) in [5.41, 5.74) is 15.3. The number of benzene rings is 3. The van der Waals surface area contributed by atoms with Gasteiger partial charge in [0.2, 0.25) is 17.7 Å². The van der Waals surface area contributed by atoms with Crippen molar-refractivity contribution in [3.63, 3.8) is 0 Å². The number of hydrogen-bond acceptors (Lipinski definition) is 7. The van der Waals surface area contributed by atoms with Crippen molar-refractivity contribution in [1.29, 1.82) is 0 Å². The summed E-state index contributed by atoms with van der Waals surface area (Å²) >= 11 is 0. The SMILES string of the molecule is CCc1ccc(-c2ncc(C[C@H](NC(=O)OC(C)(C)C)C(=O)N[C@@H](Cc3c[nH]c4ccccc34)C(=O)N[C@@H](CCCN=C(N)N)C(=O)NCc3ccccc3)[nH]2)cc1. The van der Waals surface area contributed by atoms with E-state index in [0.29, 0.717) is 17.9 Å². The van der Waals surface area contributed by atoms with Crippen LogP contribution in [0.3, 0.4) is 0 Å². The van der Waals surface area contributed by atoms with Gasteiger partial charge in [-0.2, -0.15) is 0 Å². The first-order valence-electron chi connectivity index (χ1n) is 19.4. The largest absolute Gasteiger partial charge is 0.444 e. The van der Waals surface area contributed by atoms with Crippen LogP contribution in [0.25, 0.3) is 22.3 Å². The first-order chi connectivity index (χ1) is 27.8. The van der Waals surface area contributed by atoms with E-state index in [1.807, 2.05) is 78.9 Å². The van der Waals surface area contributed by atoms with Gasteiger partial charge in [-0.05, 0) is 62.8 Å². The molecule has 5 aromatic rings. The monoisotopic (exact) mass is 790 g/mol.